The van der Waals surface area contributed by atoms with Crippen molar-refractivity contribution >= 4 is 50.7 Å². The standard InChI is InChI=1S/C13H8Cl3NO3S/c14-9-1-3-12(4-2-9)21(19,20)17-13(18)8-5-10(15)7-11(16)6-8/h1-7H,(H,17,18). The first-order valence-corrected chi connectivity index (χ1v) is 8.18. The van der Waals surface area contributed by atoms with Crippen molar-refractivity contribution in [1.82, 2.24) is 4.72 Å². The first kappa shape index (κ1) is 16.1. The van der Waals surface area contributed by atoms with Crippen molar-refractivity contribution in [2.24, 2.45) is 0 Å². The van der Waals surface area contributed by atoms with Gasteiger partial charge >= 0.3 is 0 Å². The molecule has 0 saturated carbocycles. The molecule has 0 radical (unpaired) electrons. The Balaban J connectivity index is 2.27. The van der Waals surface area contributed by atoms with Crippen molar-refractivity contribution < 1.29 is 13.2 Å². The fourth-order valence-electron chi connectivity index (χ4n) is 1.54. The minimum absolute atomic E-state index is 0.0463. The van der Waals surface area contributed by atoms with E-state index in [1.165, 1.54) is 42.5 Å². The Hall–Kier alpha value is -1.27. The predicted octanol–water partition coefficient (Wildman–Crippen LogP) is 3.77. The zero-order valence-corrected chi connectivity index (χ0v) is 13.4. The monoisotopic (exact) mass is 363 g/mol. The van der Waals surface area contributed by atoms with Crippen molar-refractivity contribution in [3.63, 3.8) is 0 Å². The van der Waals surface area contributed by atoms with Gasteiger partial charge in [0.2, 0.25) is 0 Å². The van der Waals surface area contributed by atoms with Crippen LogP contribution in [0.25, 0.3) is 0 Å². The molecule has 2 aromatic carbocycles. The Labute approximate surface area is 136 Å². The number of benzene rings is 2. The average Bonchev–Trinajstić information content (AvgIpc) is 2.37. The summed E-state index contributed by atoms with van der Waals surface area (Å²) in [4.78, 5) is 11.9. The molecule has 2 aromatic rings. The van der Waals surface area contributed by atoms with E-state index in [4.69, 9.17) is 34.8 Å². The minimum atomic E-state index is -3.99. The fourth-order valence-corrected chi connectivity index (χ4v) is 3.16. The Morgan fingerprint density at radius 3 is 1.90 bits per heavy atom. The Bertz CT molecular complexity index is 769. The van der Waals surface area contributed by atoms with Gasteiger partial charge in [0, 0.05) is 20.6 Å². The van der Waals surface area contributed by atoms with E-state index in [2.05, 4.69) is 0 Å². The number of hydrogen-bond acceptors (Lipinski definition) is 3. The first-order chi connectivity index (χ1) is 9.78. The lowest BCUT2D eigenvalue weighted by Gasteiger charge is -2.07. The molecule has 0 atom stereocenters. The maximum absolute atomic E-state index is 12.1. The van der Waals surface area contributed by atoms with Gasteiger partial charge in [-0.1, -0.05) is 34.8 Å². The highest BCUT2D eigenvalue weighted by molar-refractivity contribution is 7.90. The molecule has 0 aliphatic rings. The van der Waals surface area contributed by atoms with E-state index in [0.717, 1.165) is 0 Å². The molecule has 21 heavy (non-hydrogen) atoms. The summed E-state index contributed by atoms with van der Waals surface area (Å²) in [7, 11) is -3.99. The number of halogens is 3. The lowest BCUT2D eigenvalue weighted by atomic mass is 10.2. The van der Waals surface area contributed by atoms with E-state index in [9.17, 15) is 13.2 Å². The van der Waals surface area contributed by atoms with Gasteiger partial charge in [-0.2, -0.15) is 0 Å². The molecule has 0 aliphatic carbocycles. The summed E-state index contributed by atoms with van der Waals surface area (Å²) in [5.74, 6) is -0.825. The fraction of sp³-hybridized carbons (Fsp3) is 0. The third kappa shape index (κ3) is 4.11. The SMILES string of the molecule is O=C(NS(=O)(=O)c1ccc(Cl)cc1)c1cc(Cl)cc(Cl)c1. The molecule has 1 amide bonds. The summed E-state index contributed by atoms with van der Waals surface area (Å²) in [5, 5.41) is 0.856. The second-order valence-electron chi connectivity index (χ2n) is 4.05. The maximum Gasteiger partial charge on any atom is 0.265 e. The Kier molecular flexibility index (Phi) is 4.78. The van der Waals surface area contributed by atoms with Crippen LogP contribution in [0.4, 0.5) is 0 Å². The number of sulfonamides is 1. The van der Waals surface area contributed by atoms with Crippen molar-refractivity contribution in [3.05, 3.63) is 63.1 Å². The van der Waals surface area contributed by atoms with Gasteiger partial charge in [0.1, 0.15) is 0 Å². The Morgan fingerprint density at radius 2 is 1.38 bits per heavy atom. The summed E-state index contributed by atoms with van der Waals surface area (Å²) in [6.45, 7) is 0. The highest BCUT2D eigenvalue weighted by Gasteiger charge is 2.19. The molecule has 2 rings (SSSR count). The number of amides is 1. The number of carbonyl (C=O) groups excluding carboxylic acids is 1. The summed E-state index contributed by atoms with van der Waals surface area (Å²) >= 11 is 17.2. The molecule has 4 nitrogen and oxygen atoms in total. The van der Waals surface area contributed by atoms with Crippen LogP contribution in [-0.4, -0.2) is 14.3 Å². The molecule has 0 saturated heterocycles. The van der Waals surface area contributed by atoms with Gasteiger partial charge in [-0.3, -0.25) is 4.79 Å². The summed E-state index contributed by atoms with van der Waals surface area (Å²) < 4.78 is 26.0. The lowest BCUT2D eigenvalue weighted by Crippen LogP contribution is -2.30. The molecule has 8 heteroatoms. The van der Waals surface area contributed by atoms with Crippen LogP contribution in [0.3, 0.4) is 0 Å². The van der Waals surface area contributed by atoms with Crippen LogP contribution >= 0.6 is 34.8 Å². The smallest absolute Gasteiger partial charge is 0.265 e. The highest BCUT2D eigenvalue weighted by Crippen LogP contribution is 2.20. The minimum Gasteiger partial charge on any atom is -0.268 e. The molecule has 0 heterocycles. The molecule has 0 spiro atoms. The zero-order valence-electron chi connectivity index (χ0n) is 10.3. The zero-order chi connectivity index (χ0) is 15.6. The van der Waals surface area contributed by atoms with E-state index in [0.29, 0.717) is 5.02 Å². The summed E-state index contributed by atoms with van der Waals surface area (Å²) in [6.07, 6.45) is 0. The number of hydrogen-bond donors (Lipinski definition) is 1. The first-order valence-electron chi connectivity index (χ1n) is 5.57. The second-order valence-corrected chi connectivity index (χ2v) is 7.04. The van der Waals surface area contributed by atoms with E-state index in [1.807, 2.05) is 4.72 Å². The van der Waals surface area contributed by atoms with Crippen LogP contribution in [0.15, 0.2) is 47.4 Å². The van der Waals surface area contributed by atoms with Gasteiger partial charge in [0.25, 0.3) is 15.9 Å². The predicted molar refractivity (Wildman–Crippen MR) is 82.6 cm³/mol. The normalized spacial score (nSPS) is 11.2. The summed E-state index contributed by atoms with van der Waals surface area (Å²) in [5.41, 5.74) is 0.0463. The van der Waals surface area contributed by atoms with Gasteiger partial charge < -0.3 is 0 Å². The number of rotatable bonds is 3. The number of nitrogens with one attached hydrogen (secondary N) is 1. The molecule has 0 fully saturated rings. The Morgan fingerprint density at radius 1 is 0.857 bits per heavy atom. The van der Waals surface area contributed by atoms with Crippen molar-refractivity contribution in [3.8, 4) is 0 Å². The molecule has 1 N–H and O–H groups in total. The van der Waals surface area contributed by atoms with Gasteiger partial charge in [0.15, 0.2) is 0 Å². The van der Waals surface area contributed by atoms with Gasteiger partial charge in [-0.15, -0.1) is 0 Å². The van der Waals surface area contributed by atoms with E-state index >= 15 is 0 Å². The van der Waals surface area contributed by atoms with Gasteiger partial charge in [0.05, 0.1) is 4.90 Å². The topological polar surface area (TPSA) is 63.2 Å². The van der Waals surface area contributed by atoms with Crippen LogP contribution in [0, 0.1) is 0 Å². The lowest BCUT2D eigenvalue weighted by molar-refractivity contribution is 0.0981. The third-order valence-electron chi connectivity index (χ3n) is 2.48. The van der Waals surface area contributed by atoms with Gasteiger partial charge in [-0.05, 0) is 42.5 Å². The van der Waals surface area contributed by atoms with Gasteiger partial charge in [-0.25, -0.2) is 13.1 Å². The van der Waals surface area contributed by atoms with E-state index in [-0.39, 0.29) is 20.5 Å². The second kappa shape index (κ2) is 6.23. The maximum atomic E-state index is 12.1. The van der Waals surface area contributed by atoms with Crippen LogP contribution in [-0.2, 0) is 10.0 Å². The molecule has 0 bridgehead atoms. The summed E-state index contributed by atoms with van der Waals surface area (Å²) in [6, 6.07) is 9.49. The largest absolute Gasteiger partial charge is 0.268 e. The van der Waals surface area contributed by atoms with Crippen LogP contribution in [0.1, 0.15) is 10.4 Å². The molecular formula is C13H8Cl3NO3S. The van der Waals surface area contributed by atoms with Crippen LogP contribution in [0.5, 0.6) is 0 Å². The number of carbonyl (C=O) groups is 1. The molecule has 0 aromatic heterocycles. The molecule has 110 valence electrons. The van der Waals surface area contributed by atoms with Crippen molar-refractivity contribution in [1.29, 1.82) is 0 Å². The van der Waals surface area contributed by atoms with Crippen molar-refractivity contribution in [2.45, 2.75) is 4.90 Å². The molecule has 0 unspecified atom stereocenters. The van der Waals surface area contributed by atoms with E-state index in [1.54, 1.807) is 0 Å². The molecular weight excluding hydrogens is 357 g/mol. The van der Waals surface area contributed by atoms with Crippen LogP contribution < -0.4 is 4.72 Å². The van der Waals surface area contributed by atoms with E-state index < -0.39 is 15.9 Å². The van der Waals surface area contributed by atoms with Crippen LogP contribution in [0.2, 0.25) is 15.1 Å². The highest BCUT2D eigenvalue weighted by atomic mass is 35.5. The molecule has 0 aliphatic heterocycles. The quantitative estimate of drug-likeness (QED) is 0.902. The third-order valence-corrected chi connectivity index (χ3v) is 4.51. The average molecular weight is 365 g/mol. The van der Waals surface area contributed by atoms with Crippen molar-refractivity contribution in [2.75, 3.05) is 0 Å².